The minimum Gasteiger partial charge on any atom is -0.367 e. The molecular weight excluding hydrogens is 366 g/mol. The molecule has 0 N–H and O–H groups in total. The smallest absolute Gasteiger partial charge is 0.227 e. The van der Waals surface area contributed by atoms with Crippen molar-refractivity contribution in [3.63, 3.8) is 0 Å². The number of hydrogen-bond donors (Lipinski definition) is 0. The van der Waals surface area contributed by atoms with Crippen LogP contribution in [0.2, 0.25) is 0 Å². The molecule has 3 rings (SSSR count). The third-order valence-corrected chi connectivity index (χ3v) is 5.07. The number of nitrogens with zero attached hydrogens (tertiary/aromatic N) is 3. The highest BCUT2D eigenvalue weighted by Gasteiger charge is 2.22. The fourth-order valence-corrected chi connectivity index (χ4v) is 3.38. The van der Waals surface area contributed by atoms with Gasteiger partial charge in [0.05, 0.1) is 17.7 Å². The van der Waals surface area contributed by atoms with E-state index in [-0.39, 0.29) is 5.91 Å². The van der Waals surface area contributed by atoms with E-state index in [1.165, 1.54) is 0 Å². The number of hydrogen-bond acceptors (Lipinski definition) is 3. The van der Waals surface area contributed by atoms with Crippen LogP contribution in [0, 0.1) is 11.3 Å². The van der Waals surface area contributed by atoms with Crippen LogP contribution in [-0.2, 0) is 11.2 Å². The van der Waals surface area contributed by atoms with E-state index in [1.54, 1.807) is 0 Å². The van der Waals surface area contributed by atoms with E-state index in [9.17, 15) is 10.1 Å². The molecule has 0 aliphatic carbocycles. The van der Waals surface area contributed by atoms with Crippen LogP contribution in [-0.4, -0.2) is 37.0 Å². The molecule has 0 spiro atoms. The average molecular weight is 384 g/mol. The highest BCUT2D eigenvalue weighted by molar-refractivity contribution is 9.10. The summed E-state index contributed by atoms with van der Waals surface area (Å²) in [7, 11) is 0. The molecule has 1 amide bonds. The van der Waals surface area contributed by atoms with Gasteiger partial charge in [-0.05, 0) is 23.8 Å². The Balaban J connectivity index is 1.62. The quantitative estimate of drug-likeness (QED) is 0.817. The van der Waals surface area contributed by atoms with Gasteiger partial charge >= 0.3 is 0 Å². The minimum atomic E-state index is 0.148. The number of carbonyl (C=O) groups excluding carboxylic acids is 1. The Hall–Kier alpha value is -2.32. The monoisotopic (exact) mass is 383 g/mol. The number of benzene rings is 2. The summed E-state index contributed by atoms with van der Waals surface area (Å²) in [6, 6.07) is 17.7. The van der Waals surface area contributed by atoms with Crippen LogP contribution in [0.1, 0.15) is 11.1 Å². The van der Waals surface area contributed by atoms with E-state index >= 15 is 0 Å². The Morgan fingerprint density at radius 1 is 1.04 bits per heavy atom. The van der Waals surface area contributed by atoms with Gasteiger partial charge in [0.15, 0.2) is 0 Å². The van der Waals surface area contributed by atoms with Crippen molar-refractivity contribution in [2.24, 2.45) is 0 Å². The topological polar surface area (TPSA) is 47.3 Å². The van der Waals surface area contributed by atoms with Crippen LogP contribution in [0.4, 0.5) is 5.69 Å². The van der Waals surface area contributed by atoms with Crippen LogP contribution in [0.15, 0.2) is 53.0 Å². The lowest BCUT2D eigenvalue weighted by atomic mass is 10.1. The van der Waals surface area contributed by atoms with E-state index in [4.69, 9.17) is 0 Å². The molecule has 1 fully saturated rings. The van der Waals surface area contributed by atoms with Crippen molar-refractivity contribution in [1.29, 1.82) is 5.26 Å². The summed E-state index contributed by atoms with van der Waals surface area (Å²) < 4.78 is 0.972. The first kappa shape index (κ1) is 16.5. The van der Waals surface area contributed by atoms with E-state index in [2.05, 4.69) is 26.9 Å². The van der Waals surface area contributed by atoms with Crippen molar-refractivity contribution in [2.75, 3.05) is 31.1 Å². The Labute approximate surface area is 150 Å². The molecule has 1 aliphatic heterocycles. The molecule has 0 atom stereocenters. The van der Waals surface area contributed by atoms with Gasteiger partial charge in [-0.25, -0.2) is 0 Å². The SMILES string of the molecule is N#Cc1ccccc1N1CCN(C(=O)Cc2ccccc2Br)CC1. The third-order valence-electron chi connectivity index (χ3n) is 4.30. The molecule has 0 bridgehead atoms. The van der Waals surface area contributed by atoms with Crippen molar-refractivity contribution in [1.82, 2.24) is 4.90 Å². The predicted molar refractivity (Wildman–Crippen MR) is 97.8 cm³/mol. The van der Waals surface area contributed by atoms with Gasteiger partial charge in [-0.2, -0.15) is 5.26 Å². The van der Waals surface area contributed by atoms with Gasteiger partial charge in [-0.3, -0.25) is 4.79 Å². The Bertz CT molecular complexity index is 776. The molecule has 4 nitrogen and oxygen atoms in total. The summed E-state index contributed by atoms with van der Waals surface area (Å²) in [5.41, 5.74) is 2.66. The maximum atomic E-state index is 12.5. The first-order valence-corrected chi connectivity index (χ1v) is 8.73. The normalized spacial score (nSPS) is 14.3. The van der Waals surface area contributed by atoms with E-state index in [0.717, 1.165) is 28.8 Å². The zero-order valence-electron chi connectivity index (χ0n) is 13.3. The summed E-state index contributed by atoms with van der Waals surface area (Å²) in [6.45, 7) is 2.87. The fourth-order valence-electron chi connectivity index (χ4n) is 2.96. The number of anilines is 1. The number of para-hydroxylation sites is 1. The first-order valence-electron chi connectivity index (χ1n) is 7.94. The second-order valence-electron chi connectivity index (χ2n) is 5.76. The molecule has 0 aromatic heterocycles. The number of amides is 1. The Morgan fingerprint density at radius 3 is 2.42 bits per heavy atom. The van der Waals surface area contributed by atoms with Crippen LogP contribution in [0.25, 0.3) is 0 Å². The van der Waals surface area contributed by atoms with Crippen molar-refractivity contribution in [3.8, 4) is 6.07 Å². The van der Waals surface area contributed by atoms with Crippen molar-refractivity contribution >= 4 is 27.5 Å². The van der Waals surface area contributed by atoms with Gasteiger partial charge in [0.2, 0.25) is 5.91 Å². The van der Waals surface area contributed by atoms with Crippen LogP contribution >= 0.6 is 15.9 Å². The number of halogens is 1. The molecule has 122 valence electrons. The van der Waals surface area contributed by atoms with Crippen LogP contribution in [0.5, 0.6) is 0 Å². The van der Waals surface area contributed by atoms with Crippen molar-refractivity contribution < 1.29 is 4.79 Å². The molecular formula is C19H18BrN3O. The number of piperazine rings is 1. The minimum absolute atomic E-state index is 0.148. The summed E-state index contributed by atoms with van der Waals surface area (Å²) >= 11 is 3.50. The summed E-state index contributed by atoms with van der Waals surface area (Å²) in [6.07, 6.45) is 0.413. The van der Waals surface area contributed by atoms with Crippen LogP contribution < -0.4 is 4.90 Å². The molecule has 5 heteroatoms. The maximum absolute atomic E-state index is 12.5. The zero-order valence-corrected chi connectivity index (χ0v) is 14.9. The lowest BCUT2D eigenvalue weighted by molar-refractivity contribution is -0.130. The molecule has 2 aromatic rings. The van der Waals surface area contributed by atoms with Gasteiger partial charge < -0.3 is 9.80 Å². The van der Waals surface area contributed by atoms with E-state index in [0.29, 0.717) is 25.1 Å². The molecule has 0 radical (unpaired) electrons. The summed E-state index contributed by atoms with van der Waals surface area (Å²) in [5, 5.41) is 9.23. The molecule has 1 aliphatic rings. The molecule has 2 aromatic carbocycles. The number of carbonyl (C=O) groups is 1. The molecule has 1 heterocycles. The summed E-state index contributed by atoms with van der Waals surface area (Å²) in [5.74, 6) is 0.148. The van der Waals surface area contributed by atoms with Gasteiger partial charge in [0, 0.05) is 30.7 Å². The number of nitriles is 1. The zero-order chi connectivity index (χ0) is 16.9. The number of rotatable bonds is 3. The highest BCUT2D eigenvalue weighted by Crippen LogP contribution is 2.22. The lowest BCUT2D eigenvalue weighted by Gasteiger charge is -2.36. The van der Waals surface area contributed by atoms with Crippen LogP contribution in [0.3, 0.4) is 0 Å². The second kappa shape index (κ2) is 7.50. The standard InChI is InChI=1S/C19H18BrN3O/c20-17-7-3-1-5-15(17)13-19(24)23-11-9-22(10-12-23)18-8-4-2-6-16(18)14-21/h1-8H,9-13H2. The van der Waals surface area contributed by atoms with E-state index in [1.807, 2.05) is 53.4 Å². The molecule has 0 unspecified atom stereocenters. The Kier molecular flexibility index (Phi) is 5.17. The second-order valence-corrected chi connectivity index (χ2v) is 6.62. The van der Waals surface area contributed by atoms with Crippen molar-refractivity contribution in [2.45, 2.75) is 6.42 Å². The predicted octanol–water partition coefficient (Wildman–Crippen LogP) is 3.21. The van der Waals surface area contributed by atoms with E-state index < -0.39 is 0 Å². The lowest BCUT2D eigenvalue weighted by Crippen LogP contribution is -2.49. The highest BCUT2D eigenvalue weighted by atomic mass is 79.9. The van der Waals surface area contributed by atoms with Gasteiger partial charge in [0.1, 0.15) is 6.07 Å². The van der Waals surface area contributed by atoms with Crippen molar-refractivity contribution in [3.05, 3.63) is 64.1 Å². The fraction of sp³-hybridized carbons (Fsp3) is 0.263. The summed E-state index contributed by atoms with van der Waals surface area (Å²) in [4.78, 5) is 16.6. The van der Waals surface area contributed by atoms with Gasteiger partial charge in [-0.15, -0.1) is 0 Å². The maximum Gasteiger partial charge on any atom is 0.227 e. The molecule has 1 saturated heterocycles. The average Bonchev–Trinajstić information content (AvgIpc) is 2.63. The third kappa shape index (κ3) is 3.60. The Morgan fingerprint density at radius 2 is 1.71 bits per heavy atom. The first-order chi connectivity index (χ1) is 11.7. The molecule has 0 saturated carbocycles. The van der Waals surface area contributed by atoms with Gasteiger partial charge in [0.25, 0.3) is 0 Å². The largest absolute Gasteiger partial charge is 0.367 e. The van der Waals surface area contributed by atoms with Gasteiger partial charge in [-0.1, -0.05) is 46.3 Å². The molecule has 24 heavy (non-hydrogen) atoms.